The van der Waals surface area contributed by atoms with Gasteiger partial charge in [-0.15, -0.1) is 0 Å². The van der Waals surface area contributed by atoms with E-state index in [1.165, 1.54) is 51.7 Å². The van der Waals surface area contributed by atoms with E-state index < -0.39 is 16.6 Å². The molecule has 4 aliphatic rings. The summed E-state index contributed by atoms with van der Waals surface area (Å²) in [5.74, 6) is 2.72. The van der Waals surface area contributed by atoms with Gasteiger partial charge >= 0.3 is 0 Å². The highest BCUT2D eigenvalue weighted by Crippen LogP contribution is 2.52. The van der Waals surface area contributed by atoms with E-state index in [1.807, 2.05) is 0 Å². The maximum atomic E-state index is 8.04. The molecule has 52 heavy (non-hydrogen) atoms. The average molecular weight is 757 g/mol. The molecule has 8 rings (SSSR count). The minimum atomic E-state index is -2.20. The van der Waals surface area contributed by atoms with Gasteiger partial charge in [0.1, 0.15) is 0 Å². The zero-order chi connectivity index (χ0) is 36.5. The van der Waals surface area contributed by atoms with Crippen molar-refractivity contribution in [3.05, 3.63) is 140 Å². The van der Waals surface area contributed by atoms with Crippen molar-refractivity contribution in [1.29, 1.82) is 0 Å². The molecule has 4 aromatic rings. The van der Waals surface area contributed by atoms with Crippen molar-refractivity contribution in [2.24, 2.45) is 11.8 Å². The Bertz CT molecular complexity index is 1960. The van der Waals surface area contributed by atoms with Gasteiger partial charge in [-0.2, -0.15) is 0 Å². The first-order valence-corrected chi connectivity index (χ1v) is 29.1. The topological polar surface area (TPSA) is 9.23 Å². The van der Waals surface area contributed by atoms with Crippen LogP contribution in [-0.2, 0) is 55.5 Å². The molecule has 0 N–H and O–H groups in total. The minimum absolute atomic E-state index is 0.523. The van der Waals surface area contributed by atoms with E-state index in [0.717, 1.165) is 48.6 Å². The van der Waals surface area contributed by atoms with Gasteiger partial charge in [-0.25, -0.2) is 0 Å². The van der Waals surface area contributed by atoms with Gasteiger partial charge in [-0.05, 0) is 186 Å². The smallest absolute Gasteiger partial charge is 0.177 e. The van der Waals surface area contributed by atoms with Crippen LogP contribution in [0, 0.1) is 18.8 Å². The summed E-state index contributed by atoms with van der Waals surface area (Å²) in [5, 5.41) is 0. The Morgan fingerprint density at radius 1 is 0.481 bits per heavy atom. The Labute approximate surface area is 323 Å². The maximum Gasteiger partial charge on any atom is 0.177 e. The van der Waals surface area contributed by atoms with Gasteiger partial charge in [-0.1, -0.05) is 98.3 Å². The van der Waals surface area contributed by atoms with Crippen LogP contribution in [0.4, 0.5) is 0 Å². The Balaban J connectivity index is 1.14. The van der Waals surface area contributed by atoms with Crippen LogP contribution in [0.25, 0.3) is 0 Å². The third-order valence-corrected chi connectivity index (χ3v) is 27.0. The summed E-state index contributed by atoms with van der Waals surface area (Å²) in [5.41, 5.74) is 20.3. The van der Waals surface area contributed by atoms with E-state index in [1.54, 1.807) is 55.6 Å². The van der Waals surface area contributed by atoms with E-state index in [0.29, 0.717) is 22.9 Å². The number of benzene rings is 4. The van der Waals surface area contributed by atoms with Crippen LogP contribution >= 0.6 is 0 Å². The van der Waals surface area contributed by atoms with Crippen molar-refractivity contribution >= 4 is 37.1 Å². The molecule has 274 valence electrons. The summed E-state index contributed by atoms with van der Waals surface area (Å²) >= 11 is 0. The van der Waals surface area contributed by atoms with Gasteiger partial charge in [0.2, 0.25) is 0 Å². The first kappa shape index (κ1) is 36.7. The standard InChI is InChI=1S/C47H64OSi4/c1-29-12-13-36-28-47(43(24-39(36)18-29)38-17-15-35-20-31(3)45(50)26-41(35)22-38)52(6,7)48-51(4,5)46-27-33-11-9-8-10-32(33)23-42(46)37-16-14-34-19-30(2)44(49)25-40(34)21-37/h8-18,21-22,30-31,42-47H,19-20,23-28H2,1-7,49-50H3. The SMILES string of the molecule is Cc1ccc2c(c1)CC(c1ccc3c(c1)CC([SiH3])C(C)C3)C([Si](C)(C)O[Si](C)(C)C1Cc3ccccc3CC1c1ccc3c(c1)CC([SiH3])C(C)C3)C2. The van der Waals surface area contributed by atoms with Crippen molar-refractivity contribution in [1.82, 2.24) is 0 Å². The lowest BCUT2D eigenvalue weighted by Crippen LogP contribution is -2.54. The molecule has 5 heteroatoms. The highest BCUT2D eigenvalue weighted by molar-refractivity contribution is 6.86. The predicted octanol–water partition coefficient (Wildman–Crippen LogP) is 9.40. The summed E-state index contributed by atoms with van der Waals surface area (Å²) in [6.45, 7) is 17.7. The summed E-state index contributed by atoms with van der Waals surface area (Å²) < 4.78 is 8.04. The lowest BCUT2D eigenvalue weighted by molar-refractivity contribution is 0.432. The largest absolute Gasteiger partial charge is 0.455 e. The highest BCUT2D eigenvalue weighted by Gasteiger charge is 2.50. The number of fused-ring (bicyclic) bond motifs is 4. The molecule has 0 aromatic heterocycles. The van der Waals surface area contributed by atoms with E-state index >= 15 is 0 Å². The minimum Gasteiger partial charge on any atom is -0.455 e. The summed E-state index contributed by atoms with van der Waals surface area (Å²) in [6, 6.07) is 32.1. The van der Waals surface area contributed by atoms with Crippen LogP contribution < -0.4 is 0 Å². The Kier molecular flexibility index (Phi) is 9.94. The van der Waals surface area contributed by atoms with Crippen molar-refractivity contribution in [3.63, 3.8) is 0 Å². The van der Waals surface area contributed by atoms with Gasteiger partial charge in [0.05, 0.1) is 0 Å². The molecule has 0 amide bonds. The maximum absolute atomic E-state index is 8.04. The van der Waals surface area contributed by atoms with Crippen LogP contribution in [0.5, 0.6) is 0 Å². The zero-order valence-electron chi connectivity index (χ0n) is 33.7. The quantitative estimate of drug-likeness (QED) is 0.178. The van der Waals surface area contributed by atoms with Crippen LogP contribution in [-0.4, -0.2) is 37.1 Å². The molecule has 1 nitrogen and oxygen atoms in total. The molecule has 0 fully saturated rings. The molecule has 0 spiro atoms. The molecule has 0 heterocycles. The molecule has 0 saturated carbocycles. The van der Waals surface area contributed by atoms with Gasteiger partial charge < -0.3 is 4.12 Å². The van der Waals surface area contributed by atoms with E-state index in [4.69, 9.17) is 4.12 Å². The van der Waals surface area contributed by atoms with Gasteiger partial charge in [0.25, 0.3) is 0 Å². The van der Waals surface area contributed by atoms with Crippen LogP contribution in [0.1, 0.15) is 86.9 Å². The lowest BCUT2D eigenvalue weighted by atomic mass is 9.77. The van der Waals surface area contributed by atoms with E-state index in [2.05, 4.69) is 126 Å². The predicted molar refractivity (Wildman–Crippen MR) is 235 cm³/mol. The summed E-state index contributed by atoms with van der Waals surface area (Å²) in [7, 11) is -1.80. The lowest BCUT2D eigenvalue weighted by Gasteiger charge is -2.49. The number of aryl methyl sites for hydroxylation is 1. The third kappa shape index (κ3) is 7.03. The molecule has 0 bridgehead atoms. The second-order valence-electron chi connectivity index (χ2n) is 19.4. The zero-order valence-corrected chi connectivity index (χ0v) is 39.7. The molecule has 4 aromatic carbocycles. The third-order valence-electron chi connectivity index (χ3n) is 15.0. The molecule has 0 aliphatic heterocycles. The molecular weight excluding hydrogens is 693 g/mol. The summed E-state index contributed by atoms with van der Waals surface area (Å²) in [4.78, 5) is 0. The number of hydrogen-bond donors (Lipinski definition) is 0. The monoisotopic (exact) mass is 756 g/mol. The molecule has 4 aliphatic carbocycles. The molecular formula is C47H64OSi4. The fraction of sp³-hybridized carbons (Fsp3) is 0.489. The molecule has 8 atom stereocenters. The molecule has 0 radical (unpaired) electrons. The van der Waals surface area contributed by atoms with Crippen molar-refractivity contribution in [2.75, 3.05) is 0 Å². The Hall–Kier alpha value is -2.29. The van der Waals surface area contributed by atoms with Crippen molar-refractivity contribution < 1.29 is 4.12 Å². The first-order chi connectivity index (χ1) is 24.8. The fourth-order valence-electron chi connectivity index (χ4n) is 11.3. The van der Waals surface area contributed by atoms with Gasteiger partial charge in [-0.3, -0.25) is 0 Å². The second kappa shape index (κ2) is 14.1. The fourth-order valence-corrected chi connectivity index (χ4v) is 23.3. The van der Waals surface area contributed by atoms with Crippen molar-refractivity contribution in [3.8, 4) is 0 Å². The van der Waals surface area contributed by atoms with Gasteiger partial charge in [0, 0.05) is 20.5 Å². The van der Waals surface area contributed by atoms with Crippen LogP contribution in [0.15, 0.2) is 78.9 Å². The number of hydrogen-bond acceptors (Lipinski definition) is 1. The first-order valence-electron chi connectivity index (χ1n) is 20.8. The second-order valence-corrected chi connectivity index (χ2v) is 31.1. The Morgan fingerprint density at radius 2 is 0.885 bits per heavy atom. The van der Waals surface area contributed by atoms with Crippen molar-refractivity contribution in [2.45, 2.75) is 132 Å². The molecule has 0 saturated heterocycles. The van der Waals surface area contributed by atoms with Crippen LogP contribution in [0.2, 0.25) is 48.4 Å². The van der Waals surface area contributed by atoms with E-state index in [-0.39, 0.29) is 0 Å². The van der Waals surface area contributed by atoms with Gasteiger partial charge in [0.15, 0.2) is 16.6 Å². The Morgan fingerprint density at radius 3 is 1.40 bits per heavy atom. The highest BCUT2D eigenvalue weighted by atomic mass is 28.4. The number of rotatable bonds is 6. The van der Waals surface area contributed by atoms with E-state index in [9.17, 15) is 0 Å². The molecule has 8 unspecified atom stereocenters. The average Bonchev–Trinajstić information content (AvgIpc) is 3.10. The van der Waals surface area contributed by atoms with Crippen LogP contribution in [0.3, 0.4) is 0 Å². The normalized spacial score (nSPS) is 28.8. The summed E-state index contributed by atoms with van der Waals surface area (Å²) in [6.07, 6.45) is 9.71.